The molecule has 1 heterocycles. The van der Waals surface area contributed by atoms with Gasteiger partial charge in [0.25, 0.3) is 5.91 Å². The number of rotatable bonds is 7. The molecule has 1 aliphatic heterocycles. The van der Waals surface area contributed by atoms with Gasteiger partial charge in [-0.2, -0.15) is 4.31 Å². The number of anilines is 1. The standard InChI is InChI=1S/C22H28FN3O3S/c1-3-4-12-24(2)20-10-8-18(9-11-20)22(27)25-13-15-26(16-14-25)30(28,29)21-7-5-6-19(23)17-21/h5-11,17H,3-4,12-16H2,1-2H3. The molecule has 0 unspecified atom stereocenters. The molecule has 1 fully saturated rings. The van der Waals surface area contributed by atoms with Gasteiger partial charge in [-0.15, -0.1) is 0 Å². The average Bonchev–Trinajstić information content (AvgIpc) is 2.77. The molecule has 1 aliphatic rings. The summed E-state index contributed by atoms with van der Waals surface area (Å²) in [5.41, 5.74) is 1.65. The molecule has 0 N–H and O–H groups in total. The van der Waals surface area contributed by atoms with Crippen LogP contribution in [0.25, 0.3) is 0 Å². The zero-order valence-corrected chi connectivity index (χ0v) is 18.2. The lowest BCUT2D eigenvalue weighted by molar-refractivity contribution is 0.0698. The number of amides is 1. The Balaban J connectivity index is 1.61. The summed E-state index contributed by atoms with van der Waals surface area (Å²) in [5.74, 6) is -0.700. The molecule has 8 heteroatoms. The van der Waals surface area contributed by atoms with Gasteiger partial charge in [-0.25, -0.2) is 12.8 Å². The van der Waals surface area contributed by atoms with Crippen molar-refractivity contribution in [2.45, 2.75) is 24.7 Å². The molecule has 0 atom stereocenters. The lowest BCUT2D eigenvalue weighted by Gasteiger charge is -2.34. The third kappa shape index (κ3) is 4.99. The molecule has 0 aliphatic carbocycles. The van der Waals surface area contributed by atoms with Crippen molar-refractivity contribution in [1.82, 2.24) is 9.21 Å². The fourth-order valence-corrected chi connectivity index (χ4v) is 4.93. The van der Waals surface area contributed by atoms with Crippen molar-refractivity contribution in [3.05, 3.63) is 59.9 Å². The Labute approximate surface area is 177 Å². The largest absolute Gasteiger partial charge is 0.375 e. The minimum absolute atomic E-state index is 0.0648. The van der Waals surface area contributed by atoms with Crippen LogP contribution in [0.2, 0.25) is 0 Å². The molecule has 2 aromatic carbocycles. The third-order valence-corrected chi connectivity index (χ3v) is 7.26. The lowest BCUT2D eigenvalue weighted by Crippen LogP contribution is -2.50. The van der Waals surface area contributed by atoms with Gasteiger partial charge in [0.15, 0.2) is 0 Å². The van der Waals surface area contributed by atoms with E-state index in [1.54, 1.807) is 4.90 Å². The van der Waals surface area contributed by atoms with Gasteiger partial charge >= 0.3 is 0 Å². The van der Waals surface area contributed by atoms with Gasteiger partial charge in [-0.3, -0.25) is 4.79 Å². The molecule has 1 saturated heterocycles. The Morgan fingerprint density at radius 2 is 1.73 bits per heavy atom. The highest BCUT2D eigenvalue weighted by atomic mass is 32.2. The molecule has 162 valence electrons. The first-order chi connectivity index (χ1) is 14.3. The number of carbonyl (C=O) groups is 1. The topological polar surface area (TPSA) is 60.9 Å². The van der Waals surface area contributed by atoms with Crippen LogP contribution >= 0.6 is 0 Å². The Morgan fingerprint density at radius 1 is 1.07 bits per heavy atom. The molecule has 0 saturated carbocycles. The normalized spacial score (nSPS) is 15.2. The Kier molecular flexibility index (Phi) is 7.10. The zero-order valence-electron chi connectivity index (χ0n) is 17.4. The summed E-state index contributed by atoms with van der Waals surface area (Å²) in [4.78, 5) is 16.6. The highest BCUT2D eigenvalue weighted by molar-refractivity contribution is 7.89. The molecule has 3 rings (SSSR count). The van der Waals surface area contributed by atoms with E-state index >= 15 is 0 Å². The lowest BCUT2D eigenvalue weighted by atomic mass is 10.1. The van der Waals surface area contributed by atoms with Crippen molar-refractivity contribution in [1.29, 1.82) is 0 Å². The highest BCUT2D eigenvalue weighted by Crippen LogP contribution is 2.20. The smallest absolute Gasteiger partial charge is 0.253 e. The van der Waals surface area contributed by atoms with E-state index in [4.69, 9.17) is 0 Å². The summed E-state index contributed by atoms with van der Waals surface area (Å²) >= 11 is 0. The van der Waals surface area contributed by atoms with Crippen molar-refractivity contribution >= 4 is 21.6 Å². The van der Waals surface area contributed by atoms with Crippen molar-refractivity contribution in [3.8, 4) is 0 Å². The van der Waals surface area contributed by atoms with Crippen LogP contribution in [0, 0.1) is 5.82 Å². The van der Waals surface area contributed by atoms with Crippen LogP contribution in [-0.2, 0) is 10.0 Å². The maximum Gasteiger partial charge on any atom is 0.253 e. The summed E-state index contributed by atoms with van der Waals surface area (Å²) in [7, 11) is -1.74. The van der Waals surface area contributed by atoms with Gasteiger partial charge in [-0.1, -0.05) is 19.4 Å². The van der Waals surface area contributed by atoms with E-state index in [1.165, 1.54) is 22.5 Å². The first-order valence-corrected chi connectivity index (χ1v) is 11.6. The third-order valence-electron chi connectivity index (χ3n) is 5.36. The average molecular weight is 434 g/mol. The van der Waals surface area contributed by atoms with Crippen molar-refractivity contribution in [2.24, 2.45) is 0 Å². The van der Waals surface area contributed by atoms with E-state index in [0.29, 0.717) is 18.7 Å². The van der Waals surface area contributed by atoms with Gasteiger partial charge < -0.3 is 9.80 Å². The summed E-state index contributed by atoms with van der Waals surface area (Å²) in [5, 5.41) is 0. The van der Waals surface area contributed by atoms with Crippen LogP contribution in [0.3, 0.4) is 0 Å². The predicted molar refractivity (Wildman–Crippen MR) is 116 cm³/mol. The quantitative estimate of drug-likeness (QED) is 0.673. The number of unbranched alkanes of at least 4 members (excludes halogenated alkanes) is 1. The maximum atomic E-state index is 13.4. The number of hydrogen-bond donors (Lipinski definition) is 0. The molecule has 0 spiro atoms. The fourth-order valence-electron chi connectivity index (χ4n) is 3.47. The first-order valence-electron chi connectivity index (χ1n) is 10.2. The van der Waals surface area contributed by atoms with Crippen molar-refractivity contribution < 1.29 is 17.6 Å². The van der Waals surface area contributed by atoms with Gasteiger partial charge in [0.05, 0.1) is 4.90 Å². The van der Waals surface area contributed by atoms with Crippen LogP contribution in [0.5, 0.6) is 0 Å². The molecule has 2 aromatic rings. The molecule has 0 radical (unpaired) electrons. The van der Waals surface area contributed by atoms with E-state index in [9.17, 15) is 17.6 Å². The van der Waals surface area contributed by atoms with Crippen LogP contribution < -0.4 is 4.90 Å². The second kappa shape index (κ2) is 9.57. The second-order valence-corrected chi connectivity index (χ2v) is 9.41. The van der Waals surface area contributed by atoms with Crippen LogP contribution in [0.15, 0.2) is 53.4 Å². The summed E-state index contributed by atoms with van der Waals surface area (Å²) in [6.07, 6.45) is 2.24. The van der Waals surface area contributed by atoms with Gasteiger partial charge in [0, 0.05) is 51.0 Å². The molecule has 6 nitrogen and oxygen atoms in total. The van der Waals surface area contributed by atoms with Crippen molar-refractivity contribution in [2.75, 3.05) is 44.7 Å². The number of nitrogens with zero attached hydrogens (tertiary/aromatic N) is 3. The number of sulfonamides is 1. The number of piperazine rings is 1. The number of benzene rings is 2. The highest BCUT2D eigenvalue weighted by Gasteiger charge is 2.30. The minimum Gasteiger partial charge on any atom is -0.375 e. The van der Waals surface area contributed by atoms with Crippen LogP contribution in [-0.4, -0.2) is 63.3 Å². The molecule has 30 heavy (non-hydrogen) atoms. The van der Waals surface area contributed by atoms with Gasteiger partial charge in [0.2, 0.25) is 10.0 Å². The summed E-state index contributed by atoms with van der Waals surface area (Å²) in [6.45, 7) is 4.08. The summed E-state index contributed by atoms with van der Waals surface area (Å²) in [6, 6.07) is 12.5. The molecule has 0 bridgehead atoms. The number of hydrogen-bond acceptors (Lipinski definition) is 4. The molecular formula is C22H28FN3O3S. The Morgan fingerprint density at radius 3 is 2.33 bits per heavy atom. The van der Waals surface area contributed by atoms with E-state index in [1.807, 2.05) is 31.3 Å². The zero-order chi connectivity index (χ0) is 21.7. The first kappa shape index (κ1) is 22.2. The number of carbonyl (C=O) groups excluding carboxylic acids is 1. The predicted octanol–water partition coefficient (Wildman–Crippen LogP) is 3.21. The molecule has 1 amide bonds. The Bertz CT molecular complexity index is 971. The minimum atomic E-state index is -3.77. The molecular weight excluding hydrogens is 405 g/mol. The Hall–Kier alpha value is -2.45. The second-order valence-electron chi connectivity index (χ2n) is 7.48. The molecule has 0 aromatic heterocycles. The summed E-state index contributed by atoms with van der Waals surface area (Å²) < 4.78 is 40.2. The van der Waals surface area contributed by atoms with E-state index in [0.717, 1.165) is 31.1 Å². The van der Waals surface area contributed by atoms with E-state index < -0.39 is 15.8 Å². The SMILES string of the molecule is CCCCN(C)c1ccc(C(=O)N2CCN(S(=O)(=O)c3cccc(F)c3)CC2)cc1. The van der Waals surface area contributed by atoms with Crippen LogP contribution in [0.1, 0.15) is 30.1 Å². The maximum absolute atomic E-state index is 13.4. The van der Waals surface area contributed by atoms with Crippen molar-refractivity contribution in [3.63, 3.8) is 0 Å². The number of halogens is 1. The van der Waals surface area contributed by atoms with E-state index in [2.05, 4.69) is 11.8 Å². The van der Waals surface area contributed by atoms with Crippen LogP contribution in [0.4, 0.5) is 10.1 Å². The van der Waals surface area contributed by atoms with Gasteiger partial charge in [0.1, 0.15) is 5.82 Å². The van der Waals surface area contributed by atoms with E-state index in [-0.39, 0.29) is 23.9 Å². The van der Waals surface area contributed by atoms with Gasteiger partial charge in [-0.05, 0) is 48.9 Å². The monoisotopic (exact) mass is 433 g/mol. The fraction of sp³-hybridized carbons (Fsp3) is 0.409.